The first kappa shape index (κ1) is 20.8. The zero-order chi connectivity index (χ0) is 20.2. The molecule has 27 heavy (non-hydrogen) atoms. The minimum Gasteiger partial charge on any atom is -0.497 e. The third-order valence-corrected chi connectivity index (χ3v) is 5.83. The number of carbonyl (C=O) groups is 1. The first-order valence-corrected chi connectivity index (χ1v) is 9.89. The molecule has 0 aliphatic carbocycles. The van der Waals surface area contributed by atoms with E-state index in [1.165, 1.54) is 46.5 Å². The van der Waals surface area contributed by atoms with Crippen molar-refractivity contribution in [3.63, 3.8) is 0 Å². The van der Waals surface area contributed by atoms with Crippen LogP contribution in [0.4, 0.5) is 11.4 Å². The van der Waals surface area contributed by atoms with Crippen LogP contribution in [0.2, 0.25) is 0 Å². The van der Waals surface area contributed by atoms with Crippen molar-refractivity contribution in [1.29, 1.82) is 0 Å². The van der Waals surface area contributed by atoms with Crippen molar-refractivity contribution in [3.8, 4) is 17.2 Å². The van der Waals surface area contributed by atoms with Gasteiger partial charge < -0.3 is 19.5 Å². The number of halogens is 1. The van der Waals surface area contributed by atoms with Crippen molar-refractivity contribution in [3.05, 3.63) is 34.8 Å². The monoisotopic (exact) mass is 458 g/mol. The lowest BCUT2D eigenvalue weighted by molar-refractivity contribution is -0.114. The Balaban J connectivity index is 2.52. The van der Waals surface area contributed by atoms with E-state index >= 15 is 0 Å². The fourth-order valence-corrected chi connectivity index (χ4v) is 4.38. The van der Waals surface area contributed by atoms with Crippen LogP contribution in [0.5, 0.6) is 17.2 Å². The van der Waals surface area contributed by atoms with Gasteiger partial charge in [-0.25, -0.2) is 8.42 Å². The van der Waals surface area contributed by atoms with Gasteiger partial charge in [0.1, 0.15) is 10.6 Å². The number of nitrogens with one attached hydrogen (secondary N) is 2. The zero-order valence-electron chi connectivity index (χ0n) is 15.1. The maximum atomic E-state index is 12.9. The van der Waals surface area contributed by atoms with Crippen LogP contribution in [-0.2, 0) is 14.8 Å². The number of methoxy groups -OCH3 is 3. The molecule has 2 aromatic carbocycles. The first-order valence-electron chi connectivity index (χ1n) is 7.61. The third kappa shape index (κ3) is 4.83. The molecule has 1 amide bonds. The number of carbonyl (C=O) groups excluding carboxylic acids is 1. The molecule has 0 fully saturated rings. The highest BCUT2D eigenvalue weighted by molar-refractivity contribution is 9.10. The summed E-state index contributed by atoms with van der Waals surface area (Å²) in [6.45, 7) is 1.33. The quantitative estimate of drug-likeness (QED) is 0.659. The van der Waals surface area contributed by atoms with E-state index in [4.69, 9.17) is 14.2 Å². The Hall–Kier alpha value is -2.46. The molecule has 0 bridgehead atoms. The van der Waals surface area contributed by atoms with Crippen LogP contribution in [0.1, 0.15) is 6.92 Å². The number of benzene rings is 2. The summed E-state index contributed by atoms with van der Waals surface area (Å²) in [5, 5.41) is 2.58. The molecule has 2 aromatic rings. The normalized spacial score (nSPS) is 10.9. The molecule has 0 unspecified atom stereocenters. The molecule has 0 aliphatic rings. The van der Waals surface area contributed by atoms with Gasteiger partial charge in [0, 0.05) is 23.5 Å². The molecular weight excluding hydrogens is 440 g/mol. The highest BCUT2D eigenvalue weighted by Gasteiger charge is 2.23. The summed E-state index contributed by atoms with van der Waals surface area (Å²) in [4.78, 5) is 11.3. The lowest BCUT2D eigenvalue weighted by Crippen LogP contribution is -2.16. The van der Waals surface area contributed by atoms with Gasteiger partial charge in [0.05, 0.1) is 32.7 Å². The van der Waals surface area contributed by atoms with Crippen molar-refractivity contribution in [2.75, 3.05) is 31.4 Å². The highest BCUT2D eigenvalue weighted by Crippen LogP contribution is 2.37. The molecular formula is C17H19BrN2O6S. The van der Waals surface area contributed by atoms with Gasteiger partial charge in [-0.3, -0.25) is 9.52 Å². The molecule has 0 aromatic heterocycles. The molecule has 2 rings (SSSR count). The van der Waals surface area contributed by atoms with Crippen molar-refractivity contribution in [2.24, 2.45) is 0 Å². The van der Waals surface area contributed by atoms with E-state index in [1.54, 1.807) is 12.1 Å². The average molecular weight is 459 g/mol. The van der Waals surface area contributed by atoms with Gasteiger partial charge in [-0.1, -0.05) is 0 Å². The summed E-state index contributed by atoms with van der Waals surface area (Å²) in [5.41, 5.74) is 0.453. The number of hydrogen-bond donors (Lipinski definition) is 2. The summed E-state index contributed by atoms with van der Waals surface area (Å²) < 4.78 is 44.1. The van der Waals surface area contributed by atoms with Gasteiger partial charge >= 0.3 is 0 Å². The molecule has 0 atom stereocenters. The molecule has 0 aliphatic heterocycles. The van der Waals surface area contributed by atoms with Crippen LogP contribution < -0.4 is 24.2 Å². The number of anilines is 2. The van der Waals surface area contributed by atoms with Gasteiger partial charge in [-0.05, 0) is 34.1 Å². The standard InChI is InChI=1S/C17H19BrN2O6S/c1-10(21)19-13-6-5-11(24-2)7-14(13)20-27(22,23)17-9-16(26-4)15(25-3)8-12(17)18/h5-9,20H,1-4H3,(H,19,21). The number of ether oxygens (including phenoxy) is 3. The van der Waals surface area contributed by atoms with E-state index < -0.39 is 10.0 Å². The SMILES string of the molecule is COc1ccc(NC(C)=O)c(NS(=O)(=O)c2cc(OC)c(OC)cc2Br)c1. The Morgan fingerprint density at radius 2 is 1.59 bits per heavy atom. The van der Waals surface area contributed by atoms with Crippen LogP contribution >= 0.6 is 15.9 Å². The van der Waals surface area contributed by atoms with E-state index in [0.717, 1.165) is 0 Å². The molecule has 0 saturated carbocycles. The van der Waals surface area contributed by atoms with Gasteiger partial charge in [-0.15, -0.1) is 0 Å². The van der Waals surface area contributed by atoms with E-state index in [-0.39, 0.29) is 26.7 Å². The van der Waals surface area contributed by atoms with Crippen molar-refractivity contribution < 1.29 is 27.4 Å². The van der Waals surface area contributed by atoms with Crippen molar-refractivity contribution in [2.45, 2.75) is 11.8 Å². The van der Waals surface area contributed by atoms with Crippen LogP contribution in [-0.4, -0.2) is 35.7 Å². The molecule has 146 valence electrons. The largest absolute Gasteiger partial charge is 0.497 e. The van der Waals surface area contributed by atoms with Crippen molar-refractivity contribution in [1.82, 2.24) is 0 Å². The summed E-state index contributed by atoms with van der Waals surface area (Å²) in [7, 11) is 0.291. The fourth-order valence-electron chi connectivity index (χ4n) is 2.27. The summed E-state index contributed by atoms with van der Waals surface area (Å²) in [5.74, 6) is 0.721. The topological polar surface area (TPSA) is 103 Å². The number of hydrogen-bond acceptors (Lipinski definition) is 6. The second kappa shape index (κ2) is 8.49. The summed E-state index contributed by atoms with van der Waals surface area (Å²) >= 11 is 3.24. The maximum absolute atomic E-state index is 12.9. The van der Waals surface area contributed by atoms with E-state index in [0.29, 0.717) is 17.2 Å². The Morgan fingerprint density at radius 1 is 0.963 bits per heavy atom. The first-order chi connectivity index (χ1) is 12.7. The maximum Gasteiger partial charge on any atom is 0.263 e. The predicted octanol–water partition coefficient (Wildman–Crippen LogP) is 3.23. The second-order valence-corrected chi connectivity index (χ2v) is 7.84. The molecule has 8 nitrogen and oxygen atoms in total. The van der Waals surface area contributed by atoms with Crippen LogP contribution in [0.15, 0.2) is 39.7 Å². The number of sulfonamides is 1. The molecule has 10 heteroatoms. The summed E-state index contributed by atoms with van der Waals surface area (Å²) in [6.07, 6.45) is 0. The van der Waals surface area contributed by atoms with Gasteiger partial charge in [0.2, 0.25) is 5.91 Å². The zero-order valence-corrected chi connectivity index (χ0v) is 17.5. The smallest absolute Gasteiger partial charge is 0.263 e. The predicted molar refractivity (Wildman–Crippen MR) is 105 cm³/mol. The Kier molecular flexibility index (Phi) is 6.55. The molecule has 0 saturated heterocycles. The van der Waals surface area contributed by atoms with Crippen LogP contribution in [0, 0.1) is 0 Å². The van der Waals surface area contributed by atoms with E-state index in [9.17, 15) is 13.2 Å². The Morgan fingerprint density at radius 3 is 2.15 bits per heavy atom. The molecule has 0 spiro atoms. The average Bonchev–Trinajstić information content (AvgIpc) is 2.61. The number of amides is 1. The van der Waals surface area contributed by atoms with Gasteiger partial charge in [0.15, 0.2) is 11.5 Å². The molecule has 0 heterocycles. The lowest BCUT2D eigenvalue weighted by atomic mass is 10.2. The van der Waals surface area contributed by atoms with E-state index in [2.05, 4.69) is 26.0 Å². The van der Waals surface area contributed by atoms with Gasteiger partial charge in [-0.2, -0.15) is 0 Å². The lowest BCUT2D eigenvalue weighted by Gasteiger charge is -2.16. The summed E-state index contributed by atoms with van der Waals surface area (Å²) in [6, 6.07) is 7.45. The third-order valence-electron chi connectivity index (χ3n) is 3.51. The highest BCUT2D eigenvalue weighted by atomic mass is 79.9. The second-order valence-electron chi connectivity index (χ2n) is 5.34. The minimum atomic E-state index is -4.02. The Bertz CT molecular complexity index is 962. The van der Waals surface area contributed by atoms with Crippen LogP contribution in [0.3, 0.4) is 0 Å². The van der Waals surface area contributed by atoms with Crippen LogP contribution in [0.25, 0.3) is 0 Å². The minimum absolute atomic E-state index is 0.0586. The van der Waals surface area contributed by atoms with Crippen molar-refractivity contribution >= 4 is 43.2 Å². The van der Waals surface area contributed by atoms with Gasteiger partial charge in [0.25, 0.3) is 10.0 Å². The molecule has 2 N–H and O–H groups in total. The fraction of sp³-hybridized carbons (Fsp3) is 0.235. The number of rotatable bonds is 7. The van der Waals surface area contributed by atoms with E-state index in [1.807, 2.05) is 0 Å². The Labute approximate surface area is 166 Å². The molecule has 0 radical (unpaired) electrons.